The molecule has 0 aromatic carbocycles. The van der Waals surface area contributed by atoms with Gasteiger partial charge >= 0.3 is 0 Å². The first kappa shape index (κ1) is 13.0. The molecule has 1 aliphatic heterocycles. The summed E-state index contributed by atoms with van der Waals surface area (Å²) in [6.45, 7) is 6.96. The van der Waals surface area contributed by atoms with Crippen LogP contribution in [-0.4, -0.2) is 36.4 Å². The lowest BCUT2D eigenvalue weighted by Gasteiger charge is -2.30. The van der Waals surface area contributed by atoms with E-state index in [1.54, 1.807) is 0 Å². The van der Waals surface area contributed by atoms with Crippen molar-refractivity contribution in [3.05, 3.63) is 0 Å². The SMILES string of the molecule is CCCCN=C1NC(=O)CCN1CCCC. The lowest BCUT2D eigenvalue weighted by atomic mass is 10.2. The lowest BCUT2D eigenvalue weighted by molar-refractivity contribution is -0.120. The molecule has 0 atom stereocenters. The number of hydrogen-bond acceptors (Lipinski definition) is 2. The quantitative estimate of drug-likeness (QED) is 0.700. The molecular weight excluding hydrogens is 202 g/mol. The Morgan fingerprint density at radius 3 is 2.75 bits per heavy atom. The van der Waals surface area contributed by atoms with Gasteiger partial charge in [-0.2, -0.15) is 0 Å². The van der Waals surface area contributed by atoms with Crippen LogP contribution in [0.1, 0.15) is 46.0 Å². The van der Waals surface area contributed by atoms with E-state index >= 15 is 0 Å². The van der Waals surface area contributed by atoms with Crippen LogP contribution in [-0.2, 0) is 4.79 Å². The molecule has 1 amide bonds. The number of rotatable bonds is 6. The van der Waals surface area contributed by atoms with Crippen molar-refractivity contribution in [1.29, 1.82) is 0 Å². The van der Waals surface area contributed by atoms with E-state index in [0.29, 0.717) is 6.42 Å². The van der Waals surface area contributed by atoms with Crippen molar-refractivity contribution in [1.82, 2.24) is 10.2 Å². The van der Waals surface area contributed by atoms with E-state index in [4.69, 9.17) is 0 Å². The standard InChI is InChI=1S/C12H23N3O/c1-3-5-8-13-12-14-11(16)7-10-15(12)9-6-4-2/h3-10H2,1-2H3,(H,13,14,16). The third-order valence-electron chi connectivity index (χ3n) is 2.71. The Hall–Kier alpha value is -1.06. The molecule has 1 saturated heterocycles. The van der Waals surface area contributed by atoms with Crippen LogP contribution >= 0.6 is 0 Å². The van der Waals surface area contributed by atoms with Gasteiger partial charge < -0.3 is 4.90 Å². The second-order valence-electron chi connectivity index (χ2n) is 4.20. The van der Waals surface area contributed by atoms with Gasteiger partial charge in [0.15, 0.2) is 0 Å². The van der Waals surface area contributed by atoms with Gasteiger partial charge in [-0.05, 0) is 12.8 Å². The van der Waals surface area contributed by atoms with Gasteiger partial charge in [0.05, 0.1) is 0 Å². The molecule has 0 saturated carbocycles. The third kappa shape index (κ3) is 4.21. The number of hydrogen-bond donors (Lipinski definition) is 1. The van der Waals surface area contributed by atoms with E-state index in [2.05, 4.69) is 29.1 Å². The van der Waals surface area contributed by atoms with Crippen molar-refractivity contribution >= 4 is 11.9 Å². The van der Waals surface area contributed by atoms with Crippen LogP contribution in [0.5, 0.6) is 0 Å². The predicted octanol–water partition coefficient (Wildman–Crippen LogP) is 1.76. The number of aliphatic imine (C=N–C) groups is 1. The average molecular weight is 225 g/mol. The zero-order valence-electron chi connectivity index (χ0n) is 10.5. The van der Waals surface area contributed by atoms with Gasteiger partial charge in [-0.15, -0.1) is 0 Å². The highest BCUT2D eigenvalue weighted by Gasteiger charge is 2.20. The molecule has 0 spiro atoms. The number of nitrogens with zero attached hydrogens (tertiary/aromatic N) is 2. The van der Waals surface area contributed by atoms with E-state index in [9.17, 15) is 4.79 Å². The average Bonchev–Trinajstić information content (AvgIpc) is 2.28. The minimum atomic E-state index is 0.1000. The maximum absolute atomic E-state index is 11.3. The second kappa shape index (κ2) is 7.25. The number of carbonyl (C=O) groups is 1. The summed E-state index contributed by atoms with van der Waals surface area (Å²) >= 11 is 0. The largest absolute Gasteiger partial charge is 0.342 e. The van der Waals surface area contributed by atoms with Crippen LogP contribution in [0.2, 0.25) is 0 Å². The van der Waals surface area contributed by atoms with Crippen molar-refractivity contribution in [3.63, 3.8) is 0 Å². The molecule has 1 N–H and O–H groups in total. The smallest absolute Gasteiger partial charge is 0.228 e. The molecule has 0 aromatic heterocycles. The van der Waals surface area contributed by atoms with Crippen LogP contribution < -0.4 is 5.32 Å². The zero-order chi connectivity index (χ0) is 11.8. The Labute approximate surface area is 98.1 Å². The summed E-state index contributed by atoms with van der Waals surface area (Å²) in [5, 5.41) is 2.87. The monoisotopic (exact) mass is 225 g/mol. The molecule has 1 aliphatic rings. The van der Waals surface area contributed by atoms with E-state index in [1.807, 2.05) is 0 Å². The summed E-state index contributed by atoms with van der Waals surface area (Å²) in [4.78, 5) is 18.0. The Morgan fingerprint density at radius 1 is 1.31 bits per heavy atom. The molecule has 1 fully saturated rings. The fraction of sp³-hybridized carbons (Fsp3) is 0.833. The van der Waals surface area contributed by atoms with Crippen molar-refractivity contribution in [2.45, 2.75) is 46.0 Å². The van der Waals surface area contributed by atoms with Crippen LogP contribution in [0.25, 0.3) is 0 Å². The molecule has 4 nitrogen and oxygen atoms in total. The van der Waals surface area contributed by atoms with Crippen molar-refractivity contribution in [3.8, 4) is 0 Å². The molecule has 4 heteroatoms. The van der Waals surface area contributed by atoms with Crippen LogP contribution in [0.15, 0.2) is 4.99 Å². The van der Waals surface area contributed by atoms with E-state index in [0.717, 1.165) is 44.9 Å². The molecular formula is C12H23N3O. The minimum absolute atomic E-state index is 0.1000. The molecule has 16 heavy (non-hydrogen) atoms. The van der Waals surface area contributed by atoms with Gasteiger partial charge in [-0.25, -0.2) is 0 Å². The van der Waals surface area contributed by atoms with Crippen molar-refractivity contribution < 1.29 is 4.79 Å². The van der Waals surface area contributed by atoms with Gasteiger partial charge in [0.2, 0.25) is 11.9 Å². The molecule has 1 rings (SSSR count). The molecule has 0 radical (unpaired) electrons. The fourth-order valence-corrected chi connectivity index (χ4v) is 1.66. The Kier molecular flexibility index (Phi) is 5.90. The van der Waals surface area contributed by atoms with Gasteiger partial charge in [0.25, 0.3) is 0 Å². The van der Waals surface area contributed by atoms with Crippen molar-refractivity contribution in [2.75, 3.05) is 19.6 Å². The van der Waals surface area contributed by atoms with E-state index in [-0.39, 0.29) is 5.91 Å². The topological polar surface area (TPSA) is 44.7 Å². The lowest BCUT2D eigenvalue weighted by Crippen LogP contribution is -2.50. The van der Waals surface area contributed by atoms with Crippen LogP contribution in [0.3, 0.4) is 0 Å². The highest BCUT2D eigenvalue weighted by molar-refractivity contribution is 5.99. The third-order valence-corrected chi connectivity index (χ3v) is 2.71. The fourth-order valence-electron chi connectivity index (χ4n) is 1.66. The number of unbranched alkanes of at least 4 members (excludes halogenated alkanes) is 2. The van der Waals surface area contributed by atoms with Gasteiger partial charge in [-0.1, -0.05) is 26.7 Å². The summed E-state index contributed by atoms with van der Waals surface area (Å²) < 4.78 is 0. The summed E-state index contributed by atoms with van der Waals surface area (Å²) in [6.07, 6.45) is 5.15. The van der Waals surface area contributed by atoms with E-state index in [1.165, 1.54) is 6.42 Å². The summed E-state index contributed by atoms with van der Waals surface area (Å²) in [5.41, 5.74) is 0. The molecule has 92 valence electrons. The predicted molar refractivity (Wildman–Crippen MR) is 66.5 cm³/mol. The summed E-state index contributed by atoms with van der Waals surface area (Å²) in [6, 6.07) is 0. The van der Waals surface area contributed by atoms with Gasteiger partial charge in [0.1, 0.15) is 0 Å². The van der Waals surface area contributed by atoms with Crippen molar-refractivity contribution in [2.24, 2.45) is 4.99 Å². The Morgan fingerprint density at radius 2 is 2.06 bits per heavy atom. The highest BCUT2D eigenvalue weighted by atomic mass is 16.2. The first-order chi connectivity index (χ1) is 7.77. The summed E-state index contributed by atoms with van der Waals surface area (Å²) in [7, 11) is 0. The Balaban J connectivity index is 2.50. The molecule has 1 heterocycles. The zero-order valence-corrected chi connectivity index (χ0v) is 10.5. The normalized spacial score (nSPS) is 19.0. The number of nitrogens with one attached hydrogen (secondary N) is 1. The molecule has 0 unspecified atom stereocenters. The molecule has 0 aliphatic carbocycles. The number of guanidine groups is 1. The summed E-state index contributed by atoms with van der Waals surface area (Å²) in [5.74, 6) is 0.890. The first-order valence-corrected chi connectivity index (χ1v) is 6.37. The molecule has 0 bridgehead atoms. The van der Waals surface area contributed by atoms with Gasteiger partial charge in [-0.3, -0.25) is 15.1 Å². The minimum Gasteiger partial charge on any atom is -0.342 e. The van der Waals surface area contributed by atoms with Crippen LogP contribution in [0, 0.1) is 0 Å². The number of carbonyl (C=O) groups excluding carboxylic acids is 1. The maximum atomic E-state index is 11.3. The van der Waals surface area contributed by atoms with Crippen LogP contribution in [0.4, 0.5) is 0 Å². The second-order valence-corrected chi connectivity index (χ2v) is 4.20. The molecule has 0 aromatic rings. The maximum Gasteiger partial charge on any atom is 0.228 e. The Bertz CT molecular complexity index is 251. The first-order valence-electron chi connectivity index (χ1n) is 6.37. The highest BCUT2D eigenvalue weighted by Crippen LogP contribution is 2.04. The van der Waals surface area contributed by atoms with E-state index < -0.39 is 0 Å². The van der Waals surface area contributed by atoms with Gasteiger partial charge in [0, 0.05) is 26.1 Å². The number of amides is 1.